The molecule has 0 aliphatic heterocycles. The summed E-state index contributed by atoms with van der Waals surface area (Å²) in [5.74, 6) is 2.09. The van der Waals surface area contributed by atoms with E-state index < -0.39 is 0 Å². The van der Waals surface area contributed by atoms with Gasteiger partial charge in [0, 0.05) is 0 Å². The fourth-order valence-corrected chi connectivity index (χ4v) is 1.44. The van der Waals surface area contributed by atoms with Gasteiger partial charge in [-0.1, -0.05) is 19.9 Å². The van der Waals surface area contributed by atoms with E-state index in [1.165, 1.54) is 0 Å². The molecule has 1 N–H and O–H groups in total. The van der Waals surface area contributed by atoms with Crippen molar-refractivity contribution in [3.8, 4) is 11.5 Å². The zero-order valence-corrected chi connectivity index (χ0v) is 10.9. The van der Waals surface area contributed by atoms with E-state index in [0.717, 1.165) is 17.7 Å². The number of rotatable bonds is 7. The van der Waals surface area contributed by atoms with Gasteiger partial charge >= 0.3 is 0 Å². The molecule has 0 saturated carbocycles. The number of hydrogen-bond donors (Lipinski definition) is 1. The molecule has 0 aromatic heterocycles. The summed E-state index contributed by atoms with van der Waals surface area (Å²) >= 11 is 0. The lowest BCUT2D eigenvalue weighted by Gasteiger charge is -2.13. The van der Waals surface area contributed by atoms with E-state index in [1.54, 1.807) is 0 Å². The van der Waals surface area contributed by atoms with Crippen LogP contribution in [0.1, 0.15) is 32.8 Å². The van der Waals surface area contributed by atoms with Crippen molar-refractivity contribution in [2.24, 2.45) is 5.92 Å². The van der Waals surface area contributed by atoms with Crippen molar-refractivity contribution >= 4 is 0 Å². The van der Waals surface area contributed by atoms with Gasteiger partial charge in [-0.15, -0.1) is 0 Å². The highest BCUT2D eigenvalue weighted by molar-refractivity contribution is 5.42. The third-order valence-electron chi connectivity index (χ3n) is 2.44. The Labute approximate surface area is 103 Å². The van der Waals surface area contributed by atoms with E-state index in [4.69, 9.17) is 14.6 Å². The molecule has 3 heteroatoms. The second-order valence-electron chi connectivity index (χ2n) is 4.40. The molecule has 0 radical (unpaired) electrons. The van der Waals surface area contributed by atoms with E-state index in [-0.39, 0.29) is 6.61 Å². The fourth-order valence-electron chi connectivity index (χ4n) is 1.44. The van der Waals surface area contributed by atoms with Gasteiger partial charge in [0.1, 0.15) is 0 Å². The van der Waals surface area contributed by atoms with Gasteiger partial charge in [0.05, 0.1) is 19.8 Å². The van der Waals surface area contributed by atoms with Crippen LogP contribution < -0.4 is 9.47 Å². The van der Waals surface area contributed by atoms with Crippen LogP contribution in [0.5, 0.6) is 11.5 Å². The van der Waals surface area contributed by atoms with E-state index in [0.29, 0.717) is 24.9 Å². The number of hydrogen-bond acceptors (Lipinski definition) is 3. The maximum Gasteiger partial charge on any atom is 0.161 e. The minimum atomic E-state index is 0.0202. The lowest BCUT2D eigenvalue weighted by atomic mass is 10.1. The minimum Gasteiger partial charge on any atom is -0.490 e. The normalized spacial score (nSPS) is 10.6. The quantitative estimate of drug-likeness (QED) is 0.793. The largest absolute Gasteiger partial charge is 0.490 e. The lowest BCUT2D eigenvalue weighted by molar-refractivity contribution is 0.258. The minimum absolute atomic E-state index is 0.0202. The monoisotopic (exact) mass is 238 g/mol. The van der Waals surface area contributed by atoms with Gasteiger partial charge in [-0.2, -0.15) is 0 Å². The molecular formula is C14H22O3. The molecule has 1 aromatic rings. The molecule has 1 rings (SSSR count). The highest BCUT2D eigenvalue weighted by Crippen LogP contribution is 2.28. The molecule has 0 fully saturated rings. The Kier molecular flexibility index (Phi) is 5.84. The van der Waals surface area contributed by atoms with E-state index in [1.807, 2.05) is 25.1 Å². The summed E-state index contributed by atoms with van der Waals surface area (Å²) in [5, 5.41) is 9.07. The molecule has 1 aromatic carbocycles. The predicted octanol–water partition coefficient (Wildman–Crippen LogP) is 3.00. The average Bonchev–Trinajstić information content (AvgIpc) is 2.31. The van der Waals surface area contributed by atoms with Crippen molar-refractivity contribution in [2.45, 2.75) is 33.8 Å². The van der Waals surface area contributed by atoms with Gasteiger partial charge in [0.2, 0.25) is 0 Å². The summed E-state index contributed by atoms with van der Waals surface area (Å²) in [4.78, 5) is 0. The Morgan fingerprint density at radius 2 is 1.94 bits per heavy atom. The van der Waals surface area contributed by atoms with Crippen LogP contribution in [0.15, 0.2) is 18.2 Å². The molecule has 0 amide bonds. The second-order valence-corrected chi connectivity index (χ2v) is 4.40. The van der Waals surface area contributed by atoms with Gasteiger partial charge in [0.25, 0.3) is 0 Å². The summed E-state index contributed by atoms with van der Waals surface area (Å²) in [6.45, 7) is 7.57. The SMILES string of the molecule is CCOc1cc(CO)ccc1OCCC(C)C. The average molecular weight is 238 g/mol. The van der Waals surface area contributed by atoms with Crippen LogP contribution in [0.4, 0.5) is 0 Å². The number of aliphatic hydroxyl groups excluding tert-OH is 1. The zero-order valence-electron chi connectivity index (χ0n) is 10.9. The summed E-state index contributed by atoms with van der Waals surface area (Å²) in [7, 11) is 0. The molecule has 0 aliphatic carbocycles. The Morgan fingerprint density at radius 3 is 2.53 bits per heavy atom. The third-order valence-corrected chi connectivity index (χ3v) is 2.44. The molecular weight excluding hydrogens is 216 g/mol. The molecule has 0 saturated heterocycles. The van der Waals surface area contributed by atoms with Gasteiger partial charge in [-0.05, 0) is 37.0 Å². The highest BCUT2D eigenvalue weighted by Gasteiger charge is 2.06. The van der Waals surface area contributed by atoms with Crippen molar-refractivity contribution in [3.63, 3.8) is 0 Å². The van der Waals surface area contributed by atoms with Crippen molar-refractivity contribution in [1.82, 2.24) is 0 Å². The van der Waals surface area contributed by atoms with Gasteiger partial charge < -0.3 is 14.6 Å². The maximum absolute atomic E-state index is 9.07. The van der Waals surface area contributed by atoms with E-state index >= 15 is 0 Å². The first-order valence-corrected chi connectivity index (χ1v) is 6.16. The standard InChI is InChI=1S/C14H22O3/c1-4-16-14-9-12(10-15)5-6-13(14)17-8-7-11(2)3/h5-6,9,11,15H,4,7-8,10H2,1-3H3. The molecule has 0 atom stereocenters. The molecule has 0 heterocycles. The smallest absolute Gasteiger partial charge is 0.161 e. The Morgan fingerprint density at radius 1 is 1.18 bits per heavy atom. The fraction of sp³-hybridized carbons (Fsp3) is 0.571. The Hall–Kier alpha value is -1.22. The van der Waals surface area contributed by atoms with Crippen molar-refractivity contribution in [3.05, 3.63) is 23.8 Å². The third kappa shape index (κ3) is 4.65. The summed E-state index contributed by atoms with van der Waals surface area (Å²) in [5.41, 5.74) is 0.838. The topological polar surface area (TPSA) is 38.7 Å². The molecule has 0 spiro atoms. The molecule has 96 valence electrons. The maximum atomic E-state index is 9.07. The summed E-state index contributed by atoms with van der Waals surface area (Å²) in [6, 6.07) is 5.54. The van der Waals surface area contributed by atoms with Crippen LogP contribution in [0.25, 0.3) is 0 Å². The van der Waals surface area contributed by atoms with Crippen LogP contribution in [-0.4, -0.2) is 18.3 Å². The first-order valence-electron chi connectivity index (χ1n) is 6.16. The highest BCUT2D eigenvalue weighted by atomic mass is 16.5. The second kappa shape index (κ2) is 7.17. The number of ether oxygens (including phenoxy) is 2. The first-order chi connectivity index (χ1) is 8.17. The molecule has 0 bridgehead atoms. The molecule has 0 aliphatic rings. The van der Waals surface area contributed by atoms with Crippen LogP contribution in [-0.2, 0) is 6.61 Å². The summed E-state index contributed by atoms with van der Waals surface area (Å²) in [6.07, 6.45) is 1.02. The van der Waals surface area contributed by atoms with Crippen LogP contribution in [0.3, 0.4) is 0 Å². The first kappa shape index (κ1) is 13.8. The van der Waals surface area contributed by atoms with Crippen LogP contribution >= 0.6 is 0 Å². The number of aliphatic hydroxyl groups is 1. The van der Waals surface area contributed by atoms with E-state index in [2.05, 4.69) is 13.8 Å². The molecule has 0 unspecified atom stereocenters. The predicted molar refractivity (Wildman–Crippen MR) is 68.5 cm³/mol. The lowest BCUT2D eigenvalue weighted by Crippen LogP contribution is -2.04. The molecule has 17 heavy (non-hydrogen) atoms. The number of benzene rings is 1. The Balaban J connectivity index is 2.68. The summed E-state index contributed by atoms with van der Waals surface area (Å²) < 4.78 is 11.2. The van der Waals surface area contributed by atoms with Crippen molar-refractivity contribution < 1.29 is 14.6 Å². The van der Waals surface area contributed by atoms with Crippen LogP contribution in [0.2, 0.25) is 0 Å². The van der Waals surface area contributed by atoms with Gasteiger partial charge in [-0.25, -0.2) is 0 Å². The Bertz CT molecular complexity index is 334. The van der Waals surface area contributed by atoms with Crippen molar-refractivity contribution in [2.75, 3.05) is 13.2 Å². The van der Waals surface area contributed by atoms with Gasteiger partial charge in [-0.3, -0.25) is 0 Å². The molecule has 3 nitrogen and oxygen atoms in total. The van der Waals surface area contributed by atoms with Crippen LogP contribution in [0, 0.1) is 5.92 Å². The van der Waals surface area contributed by atoms with E-state index in [9.17, 15) is 0 Å². The zero-order chi connectivity index (χ0) is 12.7. The van der Waals surface area contributed by atoms with Gasteiger partial charge in [0.15, 0.2) is 11.5 Å². The van der Waals surface area contributed by atoms with Crippen molar-refractivity contribution in [1.29, 1.82) is 0 Å².